The van der Waals surface area contributed by atoms with Gasteiger partial charge >= 0.3 is 0 Å². The molecule has 96 valence electrons. The molecule has 0 aromatic heterocycles. The van der Waals surface area contributed by atoms with Crippen LogP contribution in [0.3, 0.4) is 0 Å². The summed E-state index contributed by atoms with van der Waals surface area (Å²) in [4.78, 5) is 0. The van der Waals surface area contributed by atoms with Gasteiger partial charge in [-0.25, -0.2) is 8.78 Å². The van der Waals surface area contributed by atoms with Gasteiger partial charge in [-0.3, -0.25) is 0 Å². The number of benzene rings is 1. The Balaban J connectivity index is 2.75. The van der Waals surface area contributed by atoms with E-state index in [1.54, 1.807) is 31.2 Å². The molecule has 1 nitrogen and oxygen atoms in total. The van der Waals surface area contributed by atoms with Crippen molar-refractivity contribution < 1.29 is 8.78 Å². The van der Waals surface area contributed by atoms with E-state index in [0.717, 1.165) is 12.0 Å². The van der Waals surface area contributed by atoms with Gasteiger partial charge in [-0.05, 0) is 44.0 Å². The minimum absolute atomic E-state index is 0.293. The quantitative estimate of drug-likeness (QED) is 0.819. The van der Waals surface area contributed by atoms with Crippen molar-refractivity contribution in [1.29, 1.82) is 0 Å². The number of nitrogens with one attached hydrogen (secondary N) is 1. The number of alkyl halides is 2. The lowest BCUT2D eigenvalue weighted by molar-refractivity contribution is 0.0406. The molecule has 1 aromatic carbocycles. The Morgan fingerprint density at radius 3 is 2.35 bits per heavy atom. The normalized spacial score (nSPS) is 14.9. The van der Waals surface area contributed by atoms with Crippen molar-refractivity contribution >= 4 is 11.6 Å². The van der Waals surface area contributed by atoms with Gasteiger partial charge in [0.15, 0.2) is 0 Å². The van der Waals surface area contributed by atoms with Gasteiger partial charge in [0.1, 0.15) is 0 Å². The summed E-state index contributed by atoms with van der Waals surface area (Å²) >= 11 is 5.77. The second-order valence-electron chi connectivity index (χ2n) is 4.45. The van der Waals surface area contributed by atoms with Crippen molar-refractivity contribution in [2.75, 3.05) is 6.54 Å². The van der Waals surface area contributed by atoms with E-state index in [1.807, 2.05) is 6.92 Å². The van der Waals surface area contributed by atoms with Gasteiger partial charge in [0.25, 0.3) is 6.43 Å². The summed E-state index contributed by atoms with van der Waals surface area (Å²) in [5.41, 5.74) is -0.315. The zero-order valence-electron chi connectivity index (χ0n) is 10.1. The van der Waals surface area contributed by atoms with Crippen molar-refractivity contribution in [3.63, 3.8) is 0 Å². The minimum Gasteiger partial charge on any atom is -0.306 e. The van der Waals surface area contributed by atoms with Gasteiger partial charge in [0, 0.05) is 5.02 Å². The molecule has 0 aliphatic heterocycles. The van der Waals surface area contributed by atoms with E-state index >= 15 is 0 Å². The van der Waals surface area contributed by atoms with E-state index in [4.69, 9.17) is 11.6 Å². The van der Waals surface area contributed by atoms with E-state index < -0.39 is 12.0 Å². The lowest BCUT2D eigenvalue weighted by Gasteiger charge is -2.30. The van der Waals surface area contributed by atoms with Crippen molar-refractivity contribution in [1.82, 2.24) is 5.32 Å². The first-order valence-electron chi connectivity index (χ1n) is 5.75. The molecule has 0 amide bonds. The molecule has 1 unspecified atom stereocenters. The van der Waals surface area contributed by atoms with E-state index in [1.165, 1.54) is 0 Å². The molecule has 1 aromatic rings. The minimum atomic E-state index is -2.40. The summed E-state index contributed by atoms with van der Waals surface area (Å²) in [7, 11) is 0. The Labute approximate surface area is 106 Å². The van der Waals surface area contributed by atoms with Gasteiger partial charge < -0.3 is 5.32 Å². The number of hydrogen-bond donors (Lipinski definition) is 1. The van der Waals surface area contributed by atoms with Crippen molar-refractivity contribution in [3.05, 3.63) is 34.9 Å². The molecule has 0 aliphatic carbocycles. The maximum Gasteiger partial charge on any atom is 0.256 e. The van der Waals surface area contributed by atoms with Crippen LogP contribution in [0.5, 0.6) is 0 Å². The third-order valence-corrected chi connectivity index (χ3v) is 3.00. The van der Waals surface area contributed by atoms with Crippen molar-refractivity contribution in [2.24, 2.45) is 0 Å². The SMILES string of the molecule is CCCNC(C)(Cc1ccc(Cl)cc1)C(F)F. The fraction of sp³-hybridized carbons (Fsp3) is 0.538. The molecule has 0 saturated heterocycles. The Kier molecular flexibility index (Phi) is 5.34. The highest BCUT2D eigenvalue weighted by Crippen LogP contribution is 2.22. The zero-order chi connectivity index (χ0) is 12.9. The predicted octanol–water partition coefficient (Wildman–Crippen LogP) is 3.91. The standard InChI is InChI=1S/C13H18ClF2N/c1-3-8-17-13(2,12(15)16)9-10-4-6-11(14)7-5-10/h4-7,12,17H,3,8-9H2,1-2H3. The fourth-order valence-corrected chi connectivity index (χ4v) is 1.78. The van der Waals surface area contributed by atoms with Crippen LogP contribution in [0.25, 0.3) is 0 Å². The Bertz CT molecular complexity index is 340. The average molecular weight is 262 g/mol. The first kappa shape index (κ1) is 14.4. The van der Waals surface area contributed by atoms with Crippen LogP contribution in [-0.2, 0) is 6.42 Å². The second-order valence-corrected chi connectivity index (χ2v) is 4.88. The van der Waals surface area contributed by atoms with E-state index in [0.29, 0.717) is 18.0 Å². The van der Waals surface area contributed by atoms with Crippen LogP contribution in [0.2, 0.25) is 5.02 Å². The average Bonchev–Trinajstić information content (AvgIpc) is 2.29. The van der Waals surface area contributed by atoms with Gasteiger partial charge in [0.2, 0.25) is 0 Å². The molecule has 0 heterocycles. The summed E-state index contributed by atoms with van der Waals surface area (Å²) in [5.74, 6) is 0. The van der Waals surface area contributed by atoms with Gasteiger partial charge in [0.05, 0.1) is 5.54 Å². The zero-order valence-corrected chi connectivity index (χ0v) is 10.9. The summed E-state index contributed by atoms with van der Waals surface area (Å²) in [6.07, 6.45) is -1.27. The Morgan fingerprint density at radius 2 is 1.88 bits per heavy atom. The molecule has 0 fully saturated rings. The molecule has 1 N–H and O–H groups in total. The van der Waals surface area contributed by atoms with Crippen molar-refractivity contribution in [3.8, 4) is 0 Å². The molecule has 0 aliphatic rings. The summed E-state index contributed by atoms with van der Waals surface area (Å²) < 4.78 is 26.2. The summed E-state index contributed by atoms with van der Waals surface area (Å²) in [6.45, 7) is 4.11. The van der Waals surface area contributed by atoms with Crippen LogP contribution in [0, 0.1) is 0 Å². The molecule has 1 atom stereocenters. The van der Waals surface area contributed by atoms with Gasteiger partial charge in [-0.15, -0.1) is 0 Å². The molecule has 17 heavy (non-hydrogen) atoms. The monoisotopic (exact) mass is 261 g/mol. The molecule has 4 heteroatoms. The highest BCUT2D eigenvalue weighted by Gasteiger charge is 2.34. The van der Waals surface area contributed by atoms with Crippen LogP contribution in [0.15, 0.2) is 24.3 Å². The van der Waals surface area contributed by atoms with E-state index in [-0.39, 0.29) is 0 Å². The highest BCUT2D eigenvalue weighted by atomic mass is 35.5. The molecule has 0 bridgehead atoms. The topological polar surface area (TPSA) is 12.0 Å². The molecular weight excluding hydrogens is 244 g/mol. The van der Waals surface area contributed by atoms with E-state index in [9.17, 15) is 8.78 Å². The van der Waals surface area contributed by atoms with Gasteiger partial charge in [-0.1, -0.05) is 30.7 Å². The Hall–Kier alpha value is -0.670. The Morgan fingerprint density at radius 1 is 1.29 bits per heavy atom. The first-order chi connectivity index (χ1) is 7.98. The predicted molar refractivity (Wildman–Crippen MR) is 67.9 cm³/mol. The molecule has 0 radical (unpaired) electrons. The smallest absolute Gasteiger partial charge is 0.256 e. The first-order valence-corrected chi connectivity index (χ1v) is 6.13. The molecule has 0 spiro atoms. The van der Waals surface area contributed by atoms with Crippen LogP contribution in [0.1, 0.15) is 25.8 Å². The number of rotatable bonds is 6. The fourth-order valence-electron chi connectivity index (χ4n) is 1.65. The third kappa shape index (κ3) is 4.25. The van der Waals surface area contributed by atoms with Crippen LogP contribution in [0.4, 0.5) is 8.78 Å². The molecule has 1 rings (SSSR count). The second kappa shape index (κ2) is 6.31. The molecule has 0 saturated carbocycles. The van der Waals surface area contributed by atoms with Crippen LogP contribution < -0.4 is 5.32 Å². The largest absolute Gasteiger partial charge is 0.306 e. The van der Waals surface area contributed by atoms with Gasteiger partial charge in [-0.2, -0.15) is 0 Å². The summed E-state index contributed by atoms with van der Waals surface area (Å²) in [6, 6.07) is 7.03. The van der Waals surface area contributed by atoms with E-state index in [2.05, 4.69) is 5.32 Å². The van der Waals surface area contributed by atoms with Crippen LogP contribution in [-0.4, -0.2) is 18.5 Å². The highest BCUT2D eigenvalue weighted by molar-refractivity contribution is 6.30. The van der Waals surface area contributed by atoms with Crippen molar-refractivity contribution in [2.45, 2.75) is 38.7 Å². The lowest BCUT2D eigenvalue weighted by atomic mass is 9.93. The maximum atomic E-state index is 13.1. The maximum absolute atomic E-state index is 13.1. The third-order valence-electron chi connectivity index (χ3n) is 2.75. The van der Waals surface area contributed by atoms with Crippen LogP contribution >= 0.6 is 11.6 Å². The number of hydrogen-bond acceptors (Lipinski definition) is 1. The number of halogens is 3. The summed E-state index contributed by atoms with van der Waals surface area (Å²) in [5, 5.41) is 3.54. The lowest BCUT2D eigenvalue weighted by Crippen LogP contribution is -2.50. The molecular formula is C13H18ClF2N.